The van der Waals surface area contributed by atoms with Crippen LogP contribution in [0, 0.1) is 0 Å². The van der Waals surface area contributed by atoms with Crippen LogP contribution in [0.5, 0.6) is 0 Å². The number of rotatable bonds is 13. The van der Waals surface area contributed by atoms with Crippen molar-refractivity contribution in [1.82, 2.24) is 9.80 Å². The maximum atomic E-state index is 12.1. The van der Waals surface area contributed by atoms with E-state index in [1.165, 1.54) is 0 Å². The number of nitrogens with zero attached hydrogens (tertiary/aromatic N) is 2. The Kier molecular flexibility index (Phi) is 9.51. The van der Waals surface area contributed by atoms with Gasteiger partial charge in [0.1, 0.15) is 12.1 Å². The highest BCUT2D eigenvalue weighted by molar-refractivity contribution is 5.76. The second kappa shape index (κ2) is 12.1. The van der Waals surface area contributed by atoms with Crippen LogP contribution in [0.15, 0.2) is 60.7 Å². The van der Waals surface area contributed by atoms with Gasteiger partial charge in [0.2, 0.25) is 0 Å². The minimum absolute atomic E-state index is 0.469. The van der Waals surface area contributed by atoms with Crippen molar-refractivity contribution >= 4 is 11.9 Å². The maximum Gasteiger partial charge on any atom is 0.325 e. The summed E-state index contributed by atoms with van der Waals surface area (Å²) < 4.78 is 0. The highest BCUT2D eigenvalue weighted by Gasteiger charge is 2.30. The normalized spacial score (nSPS) is 13.3. The van der Waals surface area contributed by atoms with Crippen molar-refractivity contribution in [3.8, 4) is 0 Å². The summed E-state index contributed by atoms with van der Waals surface area (Å²) in [5, 5.41) is 19.8. The summed E-state index contributed by atoms with van der Waals surface area (Å²) in [5.41, 5.74) is 1.47. The summed E-state index contributed by atoms with van der Waals surface area (Å²) in [4.78, 5) is 28.1. The number of carboxylic acids is 2. The third-order valence-corrected chi connectivity index (χ3v) is 5.12. The molecule has 2 aromatic rings. The van der Waals surface area contributed by atoms with Crippen LogP contribution in [0.1, 0.15) is 49.9 Å². The minimum Gasteiger partial charge on any atom is -0.480 e. The van der Waals surface area contributed by atoms with Crippen molar-refractivity contribution in [3.05, 3.63) is 71.8 Å². The van der Waals surface area contributed by atoms with Gasteiger partial charge in [-0.3, -0.25) is 19.4 Å². The molecule has 2 aromatic carbocycles. The van der Waals surface area contributed by atoms with E-state index >= 15 is 0 Å². The van der Waals surface area contributed by atoms with E-state index in [0.717, 1.165) is 24.0 Å². The molecule has 0 fully saturated rings. The van der Waals surface area contributed by atoms with E-state index in [-0.39, 0.29) is 0 Å². The Morgan fingerprint density at radius 1 is 0.667 bits per heavy atom. The van der Waals surface area contributed by atoms with Gasteiger partial charge in [0.05, 0.1) is 0 Å². The summed E-state index contributed by atoms with van der Waals surface area (Å²) in [6.07, 6.45) is 1.62. The topological polar surface area (TPSA) is 81.1 Å². The van der Waals surface area contributed by atoms with Crippen LogP contribution in [0.4, 0.5) is 0 Å². The highest BCUT2D eigenvalue weighted by atomic mass is 16.4. The van der Waals surface area contributed by atoms with Gasteiger partial charge in [0, 0.05) is 13.1 Å². The van der Waals surface area contributed by atoms with E-state index in [4.69, 9.17) is 0 Å². The molecule has 162 valence electrons. The number of benzene rings is 2. The lowest BCUT2D eigenvalue weighted by molar-refractivity contribution is -0.146. The van der Waals surface area contributed by atoms with Gasteiger partial charge in [-0.2, -0.15) is 0 Å². The summed E-state index contributed by atoms with van der Waals surface area (Å²) in [6, 6.07) is 16.9. The van der Waals surface area contributed by atoms with Crippen molar-refractivity contribution in [2.24, 2.45) is 0 Å². The molecule has 0 saturated heterocycles. The second-order valence-corrected chi connectivity index (χ2v) is 7.37. The van der Waals surface area contributed by atoms with Gasteiger partial charge in [-0.1, -0.05) is 74.5 Å². The molecule has 0 aliphatic rings. The Morgan fingerprint density at radius 3 is 1.27 bits per heavy atom. The molecule has 0 heterocycles. The molecule has 0 bridgehead atoms. The largest absolute Gasteiger partial charge is 0.480 e. The zero-order valence-electron chi connectivity index (χ0n) is 17.8. The van der Waals surface area contributed by atoms with Crippen molar-refractivity contribution in [3.63, 3.8) is 0 Å². The number of carboxylic acid groups (broad SMARTS) is 2. The van der Waals surface area contributed by atoms with Gasteiger partial charge in [-0.05, 0) is 37.1 Å². The lowest BCUT2D eigenvalue weighted by atomic mass is 10.0. The average molecular weight is 413 g/mol. The number of hydrogen-bond acceptors (Lipinski definition) is 4. The highest BCUT2D eigenvalue weighted by Crippen LogP contribution is 2.24. The van der Waals surface area contributed by atoms with E-state index in [0.29, 0.717) is 26.2 Å². The van der Waals surface area contributed by atoms with Crippen molar-refractivity contribution < 1.29 is 19.8 Å². The zero-order chi connectivity index (χ0) is 21.9. The van der Waals surface area contributed by atoms with Crippen molar-refractivity contribution in [2.45, 2.75) is 38.8 Å². The molecule has 2 N–H and O–H groups in total. The fourth-order valence-corrected chi connectivity index (χ4v) is 3.86. The number of aliphatic carboxylic acids is 2. The Labute approximate surface area is 178 Å². The summed E-state index contributed by atoms with van der Waals surface area (Å²) in [6.45, 7) is 6.21. The standard InChI is InChI=1S/C24H32N2O4/c1-3-15-25(21(23(27)28)19-11-7-5-8-12-19)17-18-26(16-4-2)22(24(29)30)20-13-9-6-10-14-20/h5-14,21-22H,3-4,15-18H2,1-2H3,(H,27,28)(H,29,30). The van der Waals surface area contributed by atoms with E-state index < -0.39 is 24.0 Å². The molecule has 30 heavy (non-hydrogen) atoms. The van der Waals surface area contributed by atoms with Crippen LogP contribution >= 0.6 is 0 Å². The van der Waals surface area contributed by atoms with Gasteiger partial charge in [0.25, 0.3) is 0 Å². The predicted octanol–water partition coefficient (Wildman–Crippen LogP) is 4.06. The first kappa shape index (κ1) is 23.6. The fraction of sp³-hybridized carbons (Fsp3) is 0.417. The predicted molar refractivity (Wildman–Crippen MR) is 117 cm³/mol. The first-order valence-corrected chi connectivity index (χ1v) is 10.5. The van der Waals surface area contributed by atoms with Crippen molar-refractivity contribution in [1.29, 1.82) is 0 Å². The molecule has 6 heteroatoms. The Hall–Kier alpha value is -2.70. The summed E-state index contributed by atoms with van der Waals surface area (Å²) in [5.74, 6) is -1.79. The first-order chi connectivity index (χ1) is 14.5. The Balaban J connectivity index is 2.25. The minimum atomic E-state index is -0.894. The molecule has 6 nitrogen and oxygen atoms in total. The average Bonchev–Trinajstić information content (AvgIpc) is 2.73. The second-order valence-electron chi connectivity index (χ2n) is 7.37. The molecular formula is C24H32N2O4. The molecule has 0 aromatic heterocycles. The summed E-state index contributed by atoms with van der Waals surface area (Å²) in [7, 11) is 0. The van der Waals surface area contributed by atoms with Gasteiger partial charge in [-0.15, -0.1) is 0 Å². The van der Waals surface area contributed by atoms with Crippen LogP contribution in [0.3, 0.4) is 0 Å². The molecule has 0 aliphatic heterocycles. The molecular weight excluding hydrogens is 380 g/mol. The Bertz CT molecular complexity index is 715. The summed E-state index contributed by atoms with van der Waals surface area (Å²) >= 11 is 0. The van der Waals surface area contributed by atoms with Gasteiger partial charge in [-0.25, -0.2) is 0 Å². The van der Waals surface area contributed by atoms with E-state index in [9.17, 15) is 19.8 Å². The van der Waals surface area contributed by atoms with E-state index in [1.54, 1.807) is 0 Å². The SMILES string of the molecule is CCCN(CCN(CCC)C(C(=O)O)c1ccccc1)C(C(=O)O)c1ccccc1. The van der Waals surface area contributed by atoms with Crippen LogP contribution in [-0.2, 0) is 9.59 Å². The lowest BCUT2D eigenvalue weighted by Crippen LogP contribution is -2.43. The Morgan fingerprint density at radius 2 is 1.00 bits per heavy atom. The van der Waals surface area contributed by atoms with Crippen LogP contribution in [-0.4, -0.2) is 58.1 Å². The van der Waals surface area contributed by atoms with Gasteiger partial charge < -0.3 is 10.2 Å². The molecule has 2 atom stereocenters. The third kappa shape index (κ3) is 6.40. The van der Waals surface area contributed by atoms with Crippen molar-refractivity contribution in [2.75, 3.05) is 26.2 Å². The molecule has 0 saturated carbocycles. The number of carbonyl (C=O) groups is 2. The lowest BCUT2D eigenvalue weighted by Gasteiger charge is -2.34. The molecule has 0 spiro atoms. The van der Waals surface area contributed by atoms with E-state index in [1.807, 2.05) is 84.3 Å². The van der Waals surface area contributed by atoms with Crippen LogP contribution < -0.4 is 0 Å². The molecule has 0 aliphatic carbocycles. The zero-order valence-corrected chi connectivity index (χ0v) is 17.8. The third-order valence-electron chi connectivity index (χ3n) is 5.12. The van der Waals surface area contributed by atoms with Gasteiger partial charge >= 0.3 is 11.9 Å². The van der Waals surface area contributed by atoms with Crippen LogP contribution in [0.25, 0.3) is 0 Å². The van der Waals surface area contributed by atoms with E-state index in [2.05, 4.69) is 0 Å². The maximum absolute atomic E-state index is 12.1. The molecule has 2 rings (SSSR count). The number of hydrogen-bond donors (Lipinski definition) is 2. The van der Waals surface area contributed by atoms with Gasteiger partial charge in [0.15, 0.2) is 0 Å². The molecule has 2 unspecified atom stereocenters. The first-order valence-electron chi connectivity index (χ1n) is 10.5. The molecule has 0 amide bonds. The monoisotopic (exact) mass is 412 g/mol. The molecule has 0 radical (unpaired) electrons. The smallest absolute Gasteiger partial charge is 0.325 e. The van der Waals surface area contributed by atoms with Crippen LogP contribution in [0.2, 0.25) is 0 Å². The fourth-order valence-electron chi connectivity index (χ4n) is 3.86. The quantitative estimate of drug-likeness (QED) is 0.516.